The van der Waals surface area contributed by atoms with Crippen LogP contribution in [-0.4, -0.2) is 89.0 Å². The van der Waals surface area contributed by atoms with E-state index in [0.717, 1.165) is 23.3 Å². The van der Waals surface area contributed by atoms with Gasteiger partial charge in [-0.2, -0.15) is 0 Å². The minimum atomic E-state index is -1.04. The monoisotopic (exact) mass is 677 g/mol. The van der Waals surface area contributed by atoms with Crippen molar-refractivity contribution in [3.05, 3.63) is 77.9 Å². The zero-order valence-corrected chi connectivity index (χ0v) is 27.8. The Morgan fingerprint density at radius 3 is 2.12 bits per heavy atom. The molecule has 0 saturated carbocycles. The highest BCUT2D eigenvalue weighted by Crippen LogP contribution is 2.16. The van der Waals surface area contributed by atoms with Gasteiger partial charge in [0.1, 0.15) is 17.8 Å². The number of hydrogen-bond acceptors (Lipinski definition) is 7. The molecule has 0 radical (unpaired) electrons. The lowest BCUT2D eigenvalue weighted by Gasteiger charge is -2.23. The van der Waals surface area contributed by atoms with Crippen LogP contribution in [0.25, 0.3) is 10.8 Å². The van der Waals surface area contributed by atoms with Gasteiger partial charge in [0.05, 0.1) is 6.54 Å². The summed E-state index contributed by atoms with van der Waals surface area (Å²) in [6.45, 7) is 3.92. The molecular formula is C34H47N9O6. The van der Waals surface area contributed by atoms with Gasteiger partial charge >= 0.3 is 0 Å². The second-order valence-corrected chi connectivity index (χ2v) is 11.1. The number of benzene rings is 3. The van der Waals surface area contributed by atoms with Crippen molar-refractivity contribution < 1.29 is 29.4 Å². The summed E-state index contributed by atoms with van der Waals surface area (Å²) in [5, 5.41) is 24.7. The van der Waals surface area contributed by atoms with Crippen LogP contribution in [-0.2, 0) is 32.0 Å². The smallest absolute Gasteiger partial charge is 0.300 e. The number of aliphatic carboxylic acids is 1. The molecule has 15 heteroatoms. The number of phenolic OH excluding ortho intramolecular Hbond substituents is 1. The molecule has 2 atom stereocenters. The number of hydrogen-bond donors (Lipinski definition) is 8. The summed E-state index contributed by atoms with van der Waals surface area (Å²) in [5.41, 5.74) is 23.8. The quantitative estimate of drug-likeness (QED) is 0.0593. The highest BCUT2D eigenvalue weighted by atomic mass is 16.4. The van der Waals surface area contributed by atoms with Gasteiger partial charge in [-0.15, -0.1) is 0 Å². The van der Waals surface area contributed by atoms with Crippen molar-refractivity contribution in [2.24, 2.45) is 32.9 Å². The number of carboxylic acids is 1. The molecule has 3 amide bonds. The number of nitrogens with two attached hydrogens (primary N) is 4. The standard InChI is InChI=1S/C32H43N9O4.C2H4O2/c1-2-41(17-15-22-9-12-23-6-3-4-7-24(23)18-22)28(43)20-38-29(44)26(8-5-16-37-31(33)34)39-30(45)27(40-32(35)36)19-21-10-13-25(42)14-11-21;1-2(3)4/h3-4,6-7,9-14,18,26-27,42H,2,5,8,15-17,19-20H2,1H3,(H,38,44)(H,39,45)(H4,33,34,37)(H4,35,36,40);1H3,(H,3,4)/t26-,27+;/m1./s1. The molecule has 0 aliphatic heterocycles. The number of aromatic hydroxyl groups is 1. The number of rotatable bonds is 16. The normalized spacial score (nSPS) is 11.6. The first-order chi connectivity index (χ1) is 23.3. The lowest BCUT2D eigenvalue weighted by Crippen LogP contribution is -2.52. The maximum absolute atomic E-state index is 13.3. The molecule has 264 valence electrons. The van der Waals surface area contributed by atoms with Gasteiger partial charge in [0.25, 0.3) is 5.97 Å². The molecule has 3 aromatic carbocycles. The van der Waals surface area contributed by atoms with E-state index in [4.69, 9.17) is 32.8 Å². The molecule has 0 saturated heterocycles. The van der Waals surface area contributed by atoms with E-state index in [-0.39, 0.29) is 49.5 Å². The first kappa shape index (κ1) is 39.3. The number of guanidine groups is 2. The Morgan fingerprint density at radius 1 is 0.878 bits per heavy atom. The van der Waals surface area contributed by atoms with Gasteiger partial charge in [0, 0.05) is 33.0 Å². The predicted molar refractivity (Wildman–Crippen MR) is 189 cm³/mol. The van der Waals surface area contributed by atoms with Crippen molar-refractivity contribution in [3.63, 3.8) is 0 Å². The van der Waals surface area contributed by atoms with E-state index in [0.29, 0.717) is 31.5 Å². The van der Waals surface area contributed by atoms with E-state index in [9.17, 15) is 19.5 Å². The van der Waals surface area contributed by atoms with Crippen LogP contribution in [0.3, 0.4) is 0 Å². The molecular weight excluding hydrogens is 630 g/mol. The van der Waals surface area contributed by atoms with E-state index in [1.165, 1.54) is 12.1 Å². The fourth-order valence-corrected chi connectivity index (χ4v) is 4.79. The van der Waals surface area contributed by atoms with Crippen LogP contribution in [0.4, 0.5) is 0 Å². The summed E-state index contributed by atoms with van der Waals surface area (Å²) < 4.78 is 0. The molecule has 3 aromatic rings. The Labute approximate surface area is 285 Å². The number of phenols is 1. The van der Waals surface area contributed by atoms with Crippen LogP contribution in [0, 0.1) is 0 Å². The van der Waals surface area contributed by atoms with E-state index in [1.54, 1.807) is 17.0 Å². The number of likely N-dealkylation sites (N-methyl/N-ethyl adjacent to an activating group) is 1. The Balaban J connectivity index is 0.00000197. The Morgan fingerprint density at radius 2 is 1.51 bits per heavy atom. The summed E-state index contributed by atoms with van der Waals surface area (Å²) in [7, 11) is 0. The van der Waals surface area contributed by atoms with E-state index < -0.39 is 29.9 Å². The van der Waals surface area contributed by atoms with Crippen molar-refractivity contribution in [1.82, 2.24) is 15.5 Å². The molecule has 15 nitrogen and oxygen atoms in total. The van der Waals surface area contributed by atoms with Crippen molar-refractivity contribution >= 4 is 46.4 Å². The largest absolute Gasteiger partial charge is 0.508 e. The Bertz CT molecular complexity index is 1600. The second-order valence-electron chi connectivity index (χ2n) is 11.1. The van der Waals surface area contributed by atoms with Gasteiger partial charge in [0.2, 0.25) is 17.7 Å². The molecule has 12 N–H and O–H groups in total. The van der Waals surface area contributed by atoms with E-state index >= 15 is 0 Å². The van der Waals surface area contributed by atoms with Crippen LogP contribution in [0.5, 0.6) is 5.75 Å². The maximum Gasteiger partial charge on any atom is 0.300 e. The number of aliphatic imine (C=N–C) groups is 2. The Kier molecular flexibility index (Phi) is 16.4. The third kappa shape index (κ3) is 15.1. The number of nitrogens with one attached hydrogen (secondary N) is 2. The number of carboxylic acid groups (broad SMARTS) is 1. The van der Waals surface area contributed by atoms with Gasteiger partial charge in [0.15, 0.2) is 11.9 Å². The SMILES string of the molecule is CC(=O)O.CCN(CCc1ccc2ccccc2c1)C(=O)CNC(=O)[C@@H](CCCN=C(N)N)NC(=O)[C@H](Cc1ccc(O)cc1)N=C(N)N. The topological polar surface area (TPSA) is 265 Å². The van der Waals surface area contributed by atoms with Crippen molar-refractivity contribution in [2.45, 2.75) is 51.6 Å². The molecule has 0 heterocycles. The third-order valence-electron chi connectivity index (χ3n) is 7.18. The number of nitrogens with zero attached hydrogens (tertiary/aromatic N) is 3. The first-order valence-electron chi connectivity index (χ1n) is 15.7. The first-order valence-corrected chi connectivity index (χ1v) is 15.7. The zero-order chi connectivity index (χ0) is 36.3. The highest BCUT2D eigenvalue weighted by Gasteiger charge is 2.26. The fraction of sp³-hybridized carbons (Fsp3) is 0.353. The van der Waals surface area contributed by atoms with Crippen LogP contribution < -0.4 is 33.6 Å². The van der Waals surface area contributed by atoms with Gasteiger partial charge in [-0.1, -0.05) is 54.6 Å². The van der Waals surface area contributed by atoms with Crippen LogP contribution in [0.2, 0.25) is 0 Å². The summed E-state index contributed by atoms with van der Waals surface area (Å²) in [6, 6.07) is 18.5. The van der Waals surface area contributed by atoms with Crippen molar-refractivity contribution in [1.29, 1.82) is 0 Å². The lowest BCUT2D eigenvalue weighted by atomic mass is 10.0. The molecule has 0 unspecified atom stereocenters. The molecule has 3 rings (SSSR count). The van der Waals surface area contributed by atoms with Gasteiger partial charge in [-0.25, -0.2) is 4.99 Å². The molecule has 0 aromatic heterocycles. The van der Waals surface area contributed by atoms with E-state index in [2.05, 4.69) is 51.0 Å². The minimum Gasteiger partial charge on any atom is -0.508 e. The molecule has 0 spiro atoms. The molecule has 0 bridgehead atoms. The number of carbonyl (C=O) groups excluding carboxylic acids is 3. The van der Waals surface area contributed by atoms with Gasteiger partial charge in [-0.3, -0.25) is 24.2 Å². The maximum atomic E-state index is 13.3. The summed E-state index contributed by atoms with van der Waals surface area (Å²) in [5.74, 6) is -2.52. The third-order valence-corrected chi connectivity index (χ3v) is 7.18. The average Bonchev–Trinajstić information content (AvgIpc) is 3.05. The molecule has 0 aliphatic rings. The molecule has 0 fully saturated rings. The number of amides is 3. The van der Waals surface area contributed by atoms with Crippen LogP contribution in [0.15, 0.2) is 76.7 Å². The summed E-state index contributed by atoms with van der Waals surface area (Å²) >= 11 is 0. The number of fused-ring (bicyclic) bond motifs is 1. The van der Waals surface area contributed by atoms with Crippen LogP contribution in [0.1, 0.15) is 37.8 Å². The minimum absolute atomic E-state index is 0.0731. The molecule has 49 heavy (non-hydrogen) atoms. The van der Waals surface area contributed by atoms with Gasteiger partial charge in [-0.05, 0) is 60.2 Å². The lowest BCUT2D eigenvalue weighted by molar-refractivity contribution is -0.134. The van der Waals surface area contributed by atoms with Gasteiger partial charge < -0.3 is 48.7 Å². The average molecular weight is 678 g/mol. The van der Waals surface area contributed by atoms with Crippen LogP contribution >= 0.6 is 0 Å². The number of carbonyl (C=O) groups is 4. The Hall–Kier alpha value is -5.86. The van der Waals surface area contributed by atoms with Crippen molar-refractivity contribution in [3.8, 4) is 5.75 Å². The highest BCUT2D eigenvalue weighted by molar-refractivity contribution is 5.93. The van der Waals surface area contributed by atoms with E-state index in [1.807, 2.05) is 19.1 Å². The zero-order valence-electron chi connectivity index (χ0n) is 27.8. The summed E-state index contributed by atoms with van der Waals surface area (Å²) in [6.07, 6.45) is 1.35. The second kappa shape index (κ2) is 20.4. The molecule has 0 aliphatic carbocycles. The predicted octanol–water partition coefficient (Wildman–Crippen LogP) is 0.567. The van der Waals surface area contributed by atoms with Crippen molar-refractivity contribution in [2.75, 3.05) is 26.2 Å². The summed E-state index contributed by atoms with van der Waals surface area (Å²) in [4.78, 5) is 58.3. The fourth-order valence-electron chi connectivity index (χ4n) is 4.79.